The minimum atomic E-state index is 0.870. The van der Waals surface area contributed by atoms with Gasteiger partial charge in [0.25, 0.3) is 0 Å². The third kappa shape index (κ3) is 6.40. The zero-order valence-electron chi connectivity index (χ0n) is 16.4. The Bertz CT molecular complexity index is 671. The van der Waals surface area contributed by atoms with Crippen LogP contribution in [-0.4, -0.2) is 60.4 Å². The van der Waals surface area contributed by atoms with E-state index in [1.807, 2.05) is 24.0 Å². The summed E-state index contributed by atoms with van der Waals surface area (Å²) < 4.78 is 1.87. The van der Waals surface area contributed by atoms with E-state index < -0.39 is 0 Å². The topological polar surface area (TPSA) is 57.5 Å². The van der Waals surface area contributed by atoms with Crippen LogP contribution in [-0.2, 0) is 6.42 Å². The highest BCUT2D eigenvalue weighted by Crippen LogP contribution is 2.09. The molecule has 2 N–H and O–H groups in total. The molecule has 1 fully saturated rings. The Hall–Kier alpha value is -2.34. The number of hydrogen-bond acceptors (Lipinski definition) is 3. The predicted octanol–water partition coefficient (Wildman–Crippen LogP) is 2.46. The van der Waals surface area contributed by atoms with E-state index >= 15 is 0 Å². The van der Waals surface area contributed by atoms with Crippen LogP contribution in [0.5, 0.6) is 0 Å². The van der Waals surface area contributed by atoms with Crippen LogP contribution in [0.4, 0.5) is 0 Å². The summed E-state index contributed by atoms with van der Waals surface area (Å²) in [6.45, 7) is 5.67. The van der Waals surface area contributed by atoms with Crippen molar-refractivity contribution >= 4 is 5.96 Å². The van der Waals surface area contributed by atoms with Crippen LogP contribution >= 0.6 is 0 Å². The van der Waals surface area contributed by atoms with E-state index in [0.717, 1.165) is 31.2 Å². The molecule has 6 heteroatoms. The average molecular weight is 369 g/mol. The Morgan fingerprint density at radius 3 is 2.56 bits per heavy atom. The highest BCUT2D eigenvalue weighted by Gasteiger charge is 2.10. The predicted molar refractivity (Wildman–Crippen MR) is 112 cm³/mol. The Balaban J connectivity index is 1.30. The number of aliphatic imine (C=N–C) groups is 1. The minimum Gasteiger partial charge on any atom is -0.356 e. The molecule has 0 atom stereocenters. The number of hydrogen-bond donors (Lipinski definition) is 2. The summed E-state index contributed by atoms with van der Waals surface area (Å²) >= 11 is 0. The first kappa shape index (κ1) is 19.4. The number of likely N-dealkylation sites (tertiary alicyclic amines) is 1. The van der Waals surface area contributed by atoms with E-state index in [0.29, 0.717) is 0 Å². The molecule has 0 aliphatic carbocycles. The van der Waals surface area contributed by atoms with Crippen molar-refractivity contribution in [1.82, 2.24) is 25.3 Å². The molecule has 1 aromatic carbocycles. The van der Waals surface area contributed by atoms with Crippen molar-refractivity contribution < 1.29 is 0 Å². The van der Waals surface area contributed by atoms with Gasteiger partial charge in [-0.1, -0.05) is 12.1 Å². The second-order valence-electron chi connectivity index (χ2n) is 7.05. The molecule has 0 amide bonds. The number of aromatic nitrogens is 2. The average Bonchev–Trinajstić information content (AvgIpc) is 3.41. The van der Waals surface area contributed by atoms with Gasteiger partial charge in [-0.15, -0.1) is 0 Å². The highest BCUT2D eigenvalue weighted by molar-refractivity contribution is 5.79. The molecule has 1 saturated heterocycles. The number of nitrogens with zero attached hydrogens (tertiary/aromatic N) is 4. The second-order valence-corrected chi connectivity index (χ2v) is 7.05. The largest absolute Gasteiger partial charge is 0.356 e. The lowest BCUT2D eigenvalue weighted by Gasteiger charge is -2.15. The van der Waals surface area contributed by atoms with Crippen LogP contribution in [0.3, 0.4) is 0 Å². The smallest absolute Gasteiger partial charge is 0.190 e. The van der Waals surface area contributed by atoms with Gasteiger partial charge in [-0.05, 0) is 75.5 Å². The molecule has 2 heterocycles. The molecule has 0 unspecified atom stereocenters. The summed E-state index contributed by atoms with van der Waals surface area (Å²) in [5.74, 6) is 0.893. The van der Waals surface area contributed by atoms with E-state index in [9.17, 15) is 0 Å². The van der Waals surface area contributed by atoms with Gasteiger partial charge in [0.05, 0.1) is 5.69 Å². The lowest BCUT2D eigenvalue weighted by atomic mass is 10.1. The molecule has 2 aromatic rings. The summed E-state index contributed by atoms with van der Waals surface area (Å²) in [6.07, 6.45) is 9.91. The third-order valence-electron chi connectivity index (χ3n) is 5.03. The van der Waals surface area contributed by atoms with Gasteiger partial charge in [-0.2, -0.15) is 5.10 Å². The van der Waals surface area contributed by atoms with Crippen molar-refractivity contribution in [3.8, 4) is 5.69 Å². The SMILES string of the molecule is CN=C(NCCCCN1CCCC1)NCCc1ccc(-n2cccn2)cc1. The van der Waals surface area contributed by atoms with Gasteiger partial charge in [0.2, 0.25) is 0 Å². The monoisotopic (exact) mass is 368 g/mol. The van der Waals surface area contributed by atoms with Crippen molar-refractivity contribution in [3.05, 3.63) is 48.3 Å². The van der Waals surface area contributed by atoms with Crippen LogP contribution in [0.25, 0.3) is 5.69 Å². The first-order chi connectivity index (χ1) is 13.3. The molecule has 0 spiro atoms. The van der Waals surface area contributed by atoms with E-state index in [1.165, 1.54) is 50.9 Å². The van der Waals surface area contributed by atoms with Crippen molar-refractivity contribution in [1.29, 1.82) is 0 Å². The quantitative estimate of drug-likeness (QED) is 0.406. The highest BCUT2D eigenvalue weighted by atomic mass is 15.3. The molecular formula is C21H32N6. The molecule has 1 aliphatic heterocycles. The molecule has 6 nitrogen and oxygen atoms in total. The van der Waals surface area contributed by atoms with Crippen molar-refractivity contribution in [2.45, 2.75) is 32.1 Å². The van der Waals surface area contributed by atoms with Crippen LogP contribution in [0.15, 0.2) is 47.7 Å². The Morgan fingerprint density at radius 2 is 1.85 bits per heavy atom. The molecule has 3 rings (SSSR count). The summed E-state index contributed by atoms with van der Waals surface area (Å²) in [6, 6.07) is 10.5. The van der Waals surface area contributed by atoms with Crippen LogP contribution in [0.2, 0.25) is 0 Å². The summed E-state index contributed by atoms with van der Waals surface area (Å²) in [5.41, 5.74) is 2.39. The summed E-state index contributed by atoms with van der Waals surface area (Å²) in [4.78, 5) is 6.89. The molecule has 0 saturated carbocycles. The number of unbranched alkanes of at least 4 members (excludes halogenated alkanes) is 1. The van der Waals surface area contributed by atoms with Crippen molar-refractivity contribution in [2.75, 3.05) is 39.8 Å². The lowest BCUT2D eigenvalue weighted by Crippen LogP contribution is -2.38. The van der Waals surface area contributed by atoms with Crippen LogP contribution < -0.4 is 10.6 Å². The number of nitrogens with one attached hydrogen (secondary N) is 2. The van der Waals surface area contributed by atoms with E-state index in [4.69, 9.17) is 0 Å². The fraction of sp³-hybridized carbons (Fsp3) is 0.524. The lowest BCUT2D eigenvalue weighted by molar-refractivity contribution is 0.330. The van der Waals surface area contributed by atoms with Gasteiger partial charge >= 0.3 is 0 Å². The van der Waals surface area contributed by atoms with Crippen LogP contribution in [0, 0.1) is 0 Å². The van der Waals surface area contributed by atoms with Crippen LogP contribution in [0.1, 0.15) is 31.2 Å². The fourth-order valence-corrected chi connectivity index (χ4v) is 3.46. The first-order valence-corrected chi connectivity index (χ1v) is 10.1. The fourth-order valence-electron chi connectivity index (χ4n) is 3.46. The normalized spacial score (nSPS) is 15.2. The molecule has 27 heavy (non-hydrogen) atoms. The van der Waals surface area contributed by atoms with E-state index in [2.05, 4.69) is 49.9 Å². The van der Waals surface area contributed by atoms with Gasteiger partial charge in [-0.25, -0.2) is 4.68 Å². The summed E-state index contributed by atoms with van der Waals surface area (Å²) in [7, 11) is 1.83. The van der Waals surface area contributed by atoms with Gasteiger partial charge in [0.1, 0.15) is 0 Å². The van der Waals surface area contributed by atoms with E-state index in [-0.39, 0.29) is 0 Å². The molecule has 146 valence electrons. The molecule has 0 radical (unpaired) electrons. The van der Waals surface area contributed by atoms with Crippen molar-refractivity contribution in [3.63, 3.8) is 0 Å². The Kier molecular flexibility index (Phi) is 7.71. The van der Waals surface area contributed by atoms with Gasteiger partial charge in [0, 0.05) is 32.5 Å². The molecule has 1 aliphatic rings. The van der Waals surface area contributed by atoms with E-state index in [1.54, 1.807) is 6.20 Å². The Morgan fingerprint density at radius 1 is 1.07 bits per heavy atom. The standard InChI is InChI=1S/C21H32N6/c1-22-21(23-12-2-3-15-26-16-4-5-17-26)24-14-11-19-7-9-20(10-8-19)27-18-6-13-25-27/h6-10,13,18H,2-5,11-12,14-17H2,1H3,(H2,22,23,24). The Labute approximate surface area is 162 Å². The van der Waals surface area contributed by atoms with Gasteiger partial charge < -0.3 is 15.5 Å². The van der Waals surface area contributed by atoms with Gasteiger partial charge in [0.15, 0.2) is 5.96 Å². The van der Waals surface area contributed by atoms with Gasteiger partial charge in [-0.3, -0.25) is 4.99 Å². The number of benzene rings is 1. The van der Waals surface area contributed by atoms with Crippen molar-refractivity contribution in [2.24, 2.45) is 4.99 Å². The zero-order valence-corrected chi connectivity index (χ0v) is 16.4. The number of rotatable bonds is 9. The maximum absolute atomic E-state index is 4.31. The second kappa shape index (κ2) is 10.7. The first-order valence-electron chi connectivity index (χ1n) is 10.1. The molecular weight excluding hydrogens is 336 g/mol. The molecule has 1 aromatic heterocycles. The summed E-state index contributed by atoms with van der Waals surface area (Å²) in [5, 5.41) is 11.1. The zero-order chi connectivity index (χ0) is 18.7. The number of guanidine groups is 1. The third-order valence-corrected chi connectivity index (χ3v) is 5.03. The maximum atomic E-state index is 4.31. The molecule has 0 bridgehead atoms. The minimum absolute atomic E-state index is 0.870. The maximum Gasteiger partial charge on any atom is 0.190 e.